The number of benzene rings is 2. The summed E-state index contributed by atoms with van der Waals surface area (Å²) < 4.78 is 27.3. The molecule has 1 amide bonds. The Hall–Kier alpha value is -2.84. The second-order valence-electron chi connectivity index (χ2n) is 6.15. The van der Waals surface area contributed by atoms with Crippen LogP contribution in [0.3, 0.4) is 0 Å². The van der Waals surface area contributed by atoms with E-state index in [1.54, 1.807) is 35.4 Å². The van der Waals surface area contributed by atoms with Gasteiger partial charge in [-0.2, -0.15) is 0 Å². The number of aromatic nitrogens is 2. The number of halogens is 2. The molecule has 0 aliphatic rings. The summed E-state index contributed by atoms with van der Waals surface area (Å²) in [6.07, 6.45) is 1.67. The van der Waals surface area contributed by atoms with Crippen molar-refractivity contribution in [3.63, 3.8) is 0 Å². The van der Waals surface area contributed by atoms with Crippen LogP contribution in [0.25, 0.3) is 10.2 Å². The highest BCUT2D eigenvalue weighted by Gasteiger charge is 2.21. The van der Waals surface area contributed by atoms with E-state index in [-0.39, 0.29) is 29.8 Å². The quantitative estimate of drug-likeness (QED) is 0.392. The number of hydrogen-bond donors (Lipinski definition) is 0. The number of nitrogens with zero attached hydrogens (tertiary/aromatic N) is 3. The van der Waals surface area contributed by atoms with Crippen LogP contribution in [-0.4, -0.2) is 21.6 Å². The molecule has 4 aromatic rings. The second-order valence-corrected chi connectivity index (χ2v) is 8.21. The zero-order valence-corrected chi connectivity index (χ0v) is 16.7. The van der Waals surface area contributed by atoms with Crippen LogP contribution < -0.4 is 4.90 Å². The van der Waals surface area contributed by atoms with Crippen molar-refractivity contribution in [3.8, 4) is 0 Å². The fourth-order valence-corrected chi connectivity index (χ4v) is 4.45. The number of carbonyl (C=O) groups excluding carboxylic acids is 1. The first kappa shape index (κ1) is 19.5. The predicted molar refractivity (Wildman–Crippen MR) is 112 cm³/mol. The molecule has 0 bridgehead atoms. The smallest absolute Gasteiger partial charge is 0.239 e. The Labute approximate surface area is 174 Å². The van der Waals surface area contributed by atoms with E-state index in [0.29, 0.717) is 15.3 Å². The highest BCUT2D eigenvalue weighted by Crippen LogP contribution is 2.31. The molecule has 0 unspecified atom stereocenters. The first-order chi connectivity index (χ1) is 14.1. The summed E-state index contributed by atoms with van der Waals surface area (Å²) >= 11 is 2.58. The summed E-state index contributed by atoms with van der Waals surface area (Å²) in [5, 5.41) is 0.487. The molecule has 2 heterocycles. The van der Waals surface area contributed by atoms with Gasteiger partial charge in [0.25, 0.3) is 0 Å². The van der Waals surface area contributed by atoms with Gasteiger partial charge in [-0.3, -0.25) is 14.7 Å². The summed E-state index contributed by atoms with van der Waals surface area (Å²) in [5.41, 5.74) is 1.36. The van der Waals surface area contributed by atoms with Gasteiger partial charge in [0.1, 0.15) is 11.6 Å². The van der Waals surface area contributed by atoms with E-state index in [4.69, 9.17) is 0 Å². The van der Waals surface area contributed by atoms with Gasteiger partial charge in [0.05, 0.1) is 28.2 Å². The van der Waals surface area contributed by atoms with E-state index >= 15 is 0 Å². The van der Waals surface area contributed by atoms with Crippen LogP contribution in [0.5, 0.6) is 0 Å². The van der Waals surface area contributed by atoms with Crippen LogP contribution in [0.4, 0.5) is 13.9 Å². The van der Waals surface area contributed by atoms with Crippen molar-refractivity contribution >= 4 is 44.4 Å². The third-order valence-corrected chi connectivity index (χ3v) is 6.13. The zero-order valence-electron chi connectivity index (χ0n) is 15.1. The molecule has 2 aromatic carbocycles. The van der Waals surface area contributed by atoms with Gasteiger partial charge in [-0.05, 0) is 54.6 Å². The molecule has 0 aliphatic heterocycles. The van der Waals surface area contributed by atoms with Gasteiger partial charge in [0.2, 0.25) is 5.91 Å². The number of rotatable bonds is 6. The Morgan fingerprint density at radius 1 is 1.03 bits per heavy atom. The molecule has 0 radical (unpaired) electrons. The number of fused-ring (bicyclic) bond motifs is 1. The maximum atomic E-state index is 13.5. The minimum absolute atomic E-state index is 0.156. The molecular weight excluding hydrogens is 412 g/mol. The monoisotopic (exact) mass is 427 g/mol. The van der Waals surface area contributed by atoms with Gasteiger partial charge >= 0.3 is 0 Å². The van der Waals surface area contributed by atoms with Crippen molar-refractivity contribution in [2.24, 2.45) is 0 Å². The lowest BCUT2D eigenvalue weighted by atomic mass is 10.3. The molecule has 146 valence electrons. The van der Waals surface area contributed by atoms with E-state index in [2.05, 4.69) is 9.97 Å². The van der Waals surface area contributed by atoms with Crippen molar-refractivity contribution in [3.05, 3.63) is 84.2 Å². The van der Waals surface area contributed by atoms with Gasteiger partial charge in [0, 0.05) is 11.1 Å². The minimum atomic E-state index is -0.345. The number of carbonyl (C=O) groups is 1. The van der Waals surface area contributed by atoms with Gasteiger partial charge in [-0.15, -0.1) is 11.8 Å². The summed E-state index contributed by atoms with van der Waals surface area (Å²) in [6.45, 7) is 0.256. The largest absolute Gasteiger partial charge is 0.281 e. The molecule has 0 atom stereocenters. The average Bonchev–Trinajstić information content (AvgIpc) is 3.15. The predicted octanol–water partition coefficient (Wildman–Crippen LogP) is 5.30. The Morgan fingerprint density at radius 3 is 2.59 bits per heavy atom. The van der Waals surface area contributed by atoms with E-state index in [1.807, 2.05) is 12.1 Å². The highest BCUT2D eigenvalue weighted by molar-refractivity contribution is 8.00. The Kier molecular flexibility index (Phi) is 5.82. The van der Waals surface area contributed by atoms with E-state index in [9.17, 15) is 13.6 Å². The minimum Gasteiger partial charge on any atom is -0.281 e. The van der Waals surface area contributed by atoms with E-state index in [1.165, 1.54) is 47.4 Å². The molecule has 0 aliphatic carbocycles. The number of anilines is 1. The lowest BCUT2D eigenvalue weighted by Gasteiger charge is -2.19. The van der Waals surface area contributed by atoms with Crippen molar-refractivity contribution in [2.45, 2.75) is 11.4 Å². The van der Waals surface area contributed by atoms with Crippen molar-refractivity contribution in [1.82, 2.24) is 9.97 Å². The van der Waals surface area contributed by atoms with Gasteiger partial charge in [0.15, 0.2) is 5.13 Å². The maximum Gasteiger partial charge on any atom is 0.239 e. The molecule has 29 heavy (non-hydrogen) atoms. The van der Waals surface area contributed by atoms with Crippen LogP contribution in [0, 0.1) is 11.6 Å². The van der Waals surface area contributed by atoms with Gasteiger partial charge in [-0.1, -0.05) is 17.4 Å². The molecule has 0 fully saturated rings. The summed E-state index contributed by atoms with van der Waals surface area (Å²) in [7, 11) is 0. The van der Waals surface area contributed by atoms with Crippen LogP contribution in [0.1, 0.15) is 5.69 Å². The molecule has 0 spiro atoms. The molecule has 4 rings (SSSR count). The average molecular weight is 428 g/mol. The Morgan fingerprint density at radius 2 is 1.83 bits per heavy atom. The molecular formula is C21H15F2N3OS2. The SMILES string of the molecule is O=C(CSc1ccc(F)cc1)N(Cc1ccccn1)c1nc2ccc(F)cc2s1. The standard InChI is InChI=1S/C21H15F2N3OS2/c22-14-4-7-17(8-5-14)28-13-20(27)26(12-16-3-1-2-10-24-16)21-25-18-9-6-15(23)11-19(18)29-21/h1-11H,12-13H2. The van der Waals surface area contributed by atoms with Gasteiger partial charge < -0.3 is 0 Å². The summed E-state index contributed by atoms with van der Waals surface area (Å²) in [6, 6.07) is 15.8. The highest BCUT2D eigenvalue weighted by atomic mass is 32.2. The number of thiazole rings is 1. The van der Waals surface area contributed by atoms with Crippen molar-refractivity contribution < 1.29 is 13.6 Å². The fourth-order valence-electron chi connectivity index (χ4n) is 2.67. The second kappa shape index (κ2) is 8.67. The number of hydrogen-bond acceptors (Lipinski definition) is 5. The number of thioether (sulfide) groups is 1. The van der Waals surface area contributed by atoms with Crippen LogP contribution >= 0.6 is 23.1 Å². The molecule has 0 saturated heterocycles. The fraction of sp³-hybridized carbons (Fsp3) is 0.0952. The van der Waals surface area contributed by atoms with Gasteiger partial charge in [-0.25, -0.2) is 13.8 Å². The lowest BCUT2D eigenvalue weighted by Crippen LogP contribution is -2.32. The maximum absolute atomic E-state index is 13.5. The molecule has 0 saturated carbocycles. The molecule has 0 N–H and O–H groups in total. The molecule has 4 nitrogen and oxygen atoms in total. The van der Waals surface area contributed by atoms with Crippen LogP contribution in [0.2, 0.25) is 0 Å². The summed E-state index contributed by atoms with van der Waals surface area (Å²) in [4.78, 5) is 24.2. The third kappa shape index (κ3) is 4.78. The Balaban J connectivity index is 1.59. The third-order valence-electron chi connectivity index (χ3n) is 4.09. The summed E-state index contributed by atoms with van der Waals surface area (Å²) in [5.74, 6) is -0.672. The zero-order chi connectivity index (χ0) is 20.2. The number of amides is 1. The van der Waals surface area contributed by atoms with Crippen LogP contribution in [0.15, 0.2) is 71.8 Å². The van der Waals surface area contributed by atoms with Crippen molar-refractivity contribution in [2.75, 3.05) is 10.7 Å². The Bertz CT molecular complexity index is 1130. The van der Waals surface area contributed by atoms with Crippen LogP contribution in [-0.2, 0) is 11.3 Å². The lowest BCUT2D eigenvalue weighted by molar-refractivity contribution is -0.116. The first-order valence-electron chi connectivity index (χ1n) is 8.73. The molecule has 8 heteroatoms. The normalized spacial score (nSPS) is 11.0. The van der Waals surface area contributed by atoms with Crippen molar-refractivity contribution in [1.29, 1.82) is 0 Å². The molecule has 2 aromatic heterocycles. The first-order valence-corrected chi connectivity index (χ1v) is 10.5. The number of pyridine rings is 1. The topological polar surface area (TPSA) is 46.1 Å². The van der Waals surface area contributed by atoms with E-state index < -0.39 is 0 Å². The van der Waals surface area contributed by atoms with E-state index in [0.717, 1.165) is 10.6 Å².